The zero-order valence-corrected chi connectivity index (χ0v) is 9.58. The molecule has 6 nitrogen and oxygen atoms in total. The lowest BCUT2D eigenvalue weighted by molar-refractivity contribution is -0.140. The van der Waals surface area contributed by atoms with Crippen LogP contribution in [0.4, 0.5) is 0 Å². The van der Waals surface area contributed by atoms with E-state index in [-0.39, 0.29) is 17.3 Å². The lowest BCUT2D eigenvalue weighted by Crippen LogP contribution is -2.19. The number of hydrogen-bond donors (Lipinski definition) is 2. The van der Waals surface area contributed by atoms with Crippen molar-refractivity contribution in [2.45, 2.75) is 19.1 Å². The number of fused-ring (bicyclic) bond motifs is 5. The number of carbonyl (C=O) groups excluding carboxylic acids is 1. The lowest BCUT2D eigenvalue weighted by atomic mass is 10.0. The molecule has 1 aromatic heterocycles. The maximum absolute atomic E-state index is 11.4. The predicted molar refractivity (Wildman–Crippen MR) is 59.9 cm³/mol. The van der Waals surface area contributed by atoms with E-state index in [4.69, 9.17) is 9.57 Å². The quantitative estimate of drug-likeness (QED) is 0.606. The second-order valence-electron chi connectivity index (χ2n) is 4.29. The first kappa shape index (κ1) is 10.9. The Morgan fingerprint density at radius 1 is 1.33 bits per heavy atom. The van der Waals surface area contributed by atoms with E-state index in [1.807, 2.05) is 0 Å². The summed E-state index contributed by atoms with van der Waals surface area (Å²) in [6, 6.07) is 0. The minimum atomic E-state index is -0.726. The SMILES string of the molecule is C=C(C)C(=O)On1c(O)c2c(c1O)C1C=CC2O1. The summed E-state index contributed by atoms with van der Waals surface area (Å²) in [6.07, 6.45) is 2.75. The van der Waals surface area contributed by atoms with Gasteiger partial charge in [0.15, 0.2) is 0 Å². The van der Waals surface area contributed by atoms with Crippen molar-refractivity contribution >= 4 is 5.97 Å². The molecule has 1 aromatic rings. The summed E-state index contributed by atoms with van der Waals surface area (Å²) in [5, 5.41) is 19.9. The van der Waals surface area contributed by atoms with Crippen molar-refractivity contribution < 1.29 is 24.6 Å². The van der Waals surface area contributed by atoms with Crippen molar-refractivity contribution in [3.05, 3.63) is 35.4 Å². The minimum absolute atomic E-state index is 0.167. The molecule has 0 amide bonds. The van der Waals surface area contributed by atoms with Crippen molar-refractivity contribution in [1.29, 1.82) is 0 Å². The Hall–Kier alpha value is -2.21. The lowest BCUT2D eigenvalue weighted by Gasteiger charge is -2.09. The molecule has 94 valence electrons. The second-order valence-corrected chi connectivity index (χ2v) is 4.29. The molecule has 0 spiro atoms. The third kappa shape index (κ3) is 1.23. The fourth-order valence-corrected chi connectivity index (χ4v) is 2.15. The highest BCUT2D eigenvalue weighted by Gasteiger charge is 2.43. The van der Waals surface area contributed by atoms with Crippen molar-refractivity contribution in [3.63, 3.8) is 0 Å². The smallest absolute Gasteiger partial charge is 0.359 e. The fraction of sp³-hybridized carbons (Fsp3) is 0.250. The molecule has 18 heavy (non-hydrogen) atoms. The summed E-state index contributed by atoms with van der Waals surface area (Å²) in [5.74, 6) is -1.38. The van der Waals surface area contributed by atoms with E-state index in [0.29, 0.717) is 15.9 Å². The molecular formula is C12H11NO5. The molecule has 3 heterocycles. The summed E-state index contributed by atoms with van der Waals surface area (Å²) in [6.45, 7) is 4.90. The van der Waals surface area contributed by atoms with Gasteiger partial charge in [-0.1, -0.05) is 18.7 Å². The van der Waals surface area contributed by atoms with E-state index in [1.54, 1.807) is 12.2 Å². The predicted octanol–water partition coefficient (Wildman–Crippen LogP) is 1.11. The van der Waals surface area contributed by atoms with Gasteiger partial charge in [0.05, 0.1) is 11.1 Å². The summed E-state index contributed by atoms with van der Waals surface area (Å²) in [7, 11) is 0. The van der Waals surface area contributed by atoms with Gasteiger partial charge in [-0.2, -0.15) is 0 Å². The van der Waals surface area contributed by atoms with E-state index in [0.717, 1.165) is 0 Å². The number of rotatable bonds is 2. The van der Waals surface area contributed by atoms with Gasteiger partial charge in [0.2, 0.25) is 11.8 Å². The molecule has 0 radical (unpaired) electrons. The highest BCUT2D eigenvalue weighted by Crippen LogP contribution is 2.54. The van der Waals surface area contributed by atoms with Crippen LogP contribution in [-0.4, -0.2) is 20.9 Å². The van der Waals surface area contributed by atoms with Crippen molar-refractivity contribution in [1.82, 2.24) is 4.73 Å². The average Bonchev–Trinajstić information content (AvgIpc) is 2.98. The molecular weight excluding hydrogens is 238 g/mol. The first-order valence-electron chi connectivity index (χ1n) is 5.39. The van der Waals surface area contributed by atoms with Crippen molar-refractivity contribution in [2.75, 3.05) is 0 Å². The molecule has 0 saturated carbocycles. The van der Waals surface area contributed by atoms with Crippen molar-refractivity contribution in [2.24, 2.45) is 0 Å². The van der Waals surface area contributed by atoms with Crippen LogP contribution in [-0.2, 0) is 9.53 Å². The Labute approximate surface area is 102 Å². The van der Waals surface area contributed by atoms with Gasteiger partial charge < -0.3 is 19.8 Å². The highest BCUT2D eigenvalue weighted by atomic mass is 16.7. The maximum Gasteiger partial charge on any atom is 0.359 e. The summed E-state index contributed by atoms with van der Waals surface area (Å²) < 4.78 is 6.15. The molecule has 2 aliphatic heterocycles. The Kier molecular flexibility index (Phi) is 2.06. The molecule has 2 atom stereocenters. The molecule has 2 aliphatic rings. The number of carbonyl (C=O) groups is 1. The molecule has 2 bridgehead atoms. The number of ether oxygens (including phenoxy) is 1. The van der Waals surface area contributed by atoms with Crippen LogP contribution in [0.1, 0.15) is 30.3 Å². The highest BCUT2D eigenvalue weighted by molar-refractivity contribution is 5.87. The van der Waals surface area contributed by atoms with Crippen LogP contribution in [0.5, 0.6) is 11.8 Å². The number of hydrogen-bond acceptors (Lipinski definition) is 5. The molecule has 0 saturated heterocycles. The van der Waals surface area contributed by atoms with Crippen LogP contribution < -0.4 is 4.84 Å². The normalized spacial score (nSPS) is 23.2. The molecule has 0 fully saturated rings. The number of nitrogens with zero attached hydrogens (tertiary/aromatic N) is 1. The van der Waals surface area contributed by atoms with Crippen LogP contribution in [0.15, 0.2) is 24.3 Å². The van der Waals surface area contributed by atoms with Crippen LogP contribution in [0.3, 0.4) is 0 Å². The van der Waals surface area contributed by atoms with E-state index in [9.17, 15) is 15.0 Å². The Morgan fingerprint density at radius 2 is 1.83 bits per heavy atom. The van der Waals surface area contributed by atoms with Gasteiger partial charge in [-0.15, -0.1) is 4.73 Å². The molecule has 0 aliphatic carbocycles. The standard InChI is InChI=1S/C12H11NO5/c1-5(2)12(16)18-13-10(14)8-6-3-4-7(17-6)9(8)11(13)15/h3-4,6-7,14-15H,1H2,2H3. The van der Waals surface area contributed by atoms with Gasteiger partial charge in [-0.3, -0.25) is 0 Å². The molecule has 3 rings (SSSR count). The number of aromatic nitrogens is 1. The van der Waals surface area contributed by atoms with Gasteiger partial charge in [-0.05, 0) is 6.92 Å². The van der Waals surface area contributed by atoms with Gasteiger partial charge in [0.1, 0.15) is 12.2 Å². The van der Waals surface area contributed by atoms with E-state index < -0.39 is 18.2 Å². The third-order valence-corrected chi connectivity index (χ3v) is 3.00. The van der Waals surface area contributed by atoms with Gasteiger partial charge in [0.25, 0.3) is 0 Å². The van der Waals surface area contributed by atoms with Gasteiger partial charge >= 0.3 is 5.97 Å². The van der Waals surface area contributed by atoms with Crippen LogP contribution >= 0.6 is 0 Å². The average molecular weight is 249 g/mol. The molecule has 6 heteroatoms. The second kappa shape index (κ2) is 3.39. The summed E-state index contributed by atoms with van der Waals surface area (Å²) >= 11 is 0. The zero-order valence-electron chi connectivity index (χ0n) is 9.58. The van der Waals surface area contributed by atoms with Crippen LogP contribution in [0.25, 0.3) is 0 Å². The number of aromatic hydroxyl groups is 2. The fourth-order valence-electron chi connectivity index (χ4n) is 2.15. The van der Waals surface area contributed by atoms with E-state index in [1.165, 1.54) is 6.92 Å². The Bertz CT molecular complexity index is 563. The Balaban J connectivity index is 2.04. The first-order chi connectivity index (χ1) is 8.50. The van der Waals surface area contributed by atoms with Crippen molar-refractivity contribution in [3.8, 4) is 11.8 Å². The first-order valence-corrected chi connectivity index (χ1v) is 5.39. The Morgan fingerprint density at radius 3 is 2.28 bits per heavy atom. The monoisotopic (exact) mass is 249 g/mol. The third-order valence-electron chi connectivity index (χ3n) is 3.00. The zero-order chi connectivity index (χ0) is 13.0. The molecule has 2 unspecified atom stereocenters. The topological polar surface area (TPSA) is 80.9 Å². The maximum atomic E-state index is 11.4. The van der Waals surface area contributed by atoms with Crippen LogP contribution in [0.2, 0.25) is 0 Å². The largest absolute Gasteiger partial charge is 0.492 e. The molecule has 2 N–H and O–H groups in total. The van der Waals surface area contributed by atoms with Gasteiger partial charge in [-0.25, -0.2) is 4.79 Å². The molecule has 0 aromatic carbocycles. The van der Waals surface area contributed by atoms with Crippen LogP contribution in [0, 0.1) is 0 Å². The van der Waals surface area contributed by atoms with E-state index in [2.05, 4.69) is 6.58 Å². The summed E-state index contributed by atoms with van der Waals surface area (Å²) in [5.41, 5.74) is 1.05. The summed E-state index contributed by atoms with van der Waals surface area (Å²) in [4.78, 5) is 16.3. The van der Waals surface area contributed by atoms with Gasteiger partial charge in [0, 0.05) is 5.57 Å². The van der Waals surface area contributed by atoms with E-state index >= 15 is 0 Å². The minimum Gasteiger partial charge on any atom is -0.492 e.